The van der Waals surface area contributed by atoms with E-state index in [0.717, 1.165) is 6.07 Å². The summed E-state index contributed by atoms with van der Waals surface area (Å²) in [7, 11) is 0. The molecule has 5 nitrogen and oxygen atoms in total. The van der Waals surface area contributed by atoms with Gasteiger partial charge in [0.1, 0.15) is 0 Å². The highest BCUT2D eigenvalue weighted by Crippen LogP contribution is 2.35. The predicted octanol–water partition coefficient (Wildman–Crippen LogP) is 2.77. The number of nitrogens with one attached hydrogen (secondary N) is 1. The summed E-state index contributed by atoms with van der Waals surface area (Å²) in [6, 6.07) is 1.69. The Balaban J connectivity index is 2.80. The molecule has 1 aromatic carbocycles. The van der Waals surface area contributed by atoms with Gasteiger partial charge in [0.25, 0.3) is 5.56 Å². The topological polar surface area (TPSA) is 72.0 Å². The van der Waals surface area contributed by atoms with Gasteiger partial charge in [-0.1, -0.05) is 11.6 Å². The summed E-state index contributed by atoms with van der Waals surface area (Å²) in [5, 5.41) is -0.617. The van der Waals surface area contributed by atoms with Gasteiger partial charge >= 0.3 is 12.1 Å². The van der Waals surface area contributed by atoms with Crippen LogP contribution >= 0.6 is 11.6 Å². The Hall–Kier alpha value is -2.09. The van der Waals surface area contributed by atoms with Crippen molar-refractivity contribution in [1.82, 2.24) is 9.97 Å². The standard InChI is InChI=1S/C12H8ClF3N2O3/c1-2-21-11(20)9-17-8-6(10(19)18-9)3-5(13)4-7(8)12(14,15)16/h3-4H,2H2,1H3,(H,17,18,19). The molecule has 1 heterocycles. The SMILES string of the molecule is CCOC(=O)c1nc2c(C(F)(F)F)cc(Cl)cc2c(=O)[nH]1. The third kappa shape index (κ3) is 2.99. The van der Waals surface area contributed by atoms with Crippen molar-refractivity contribution in [3.63, 3.8) is 0 Å². The lowest BCUT2D eigenvalue weighted by molar-refractivity contribution is -0.136. The first-order valence-electron chi connectivity index (χ1n) is 5.72. The molecule has 0 aliphatic heterocycles. The number of aromatic amines is 1. The smallest absolute Gasteiger partial charge is 0.418 e. The number of H-pyrrole nitrogens is 1. The second-order valence-electron chi connectivity index (χ2n) is 3.98. The highest BCUT2D eigenvalue weighted by Gasteiger charge is 2.34. The second kappa shape index (κ2) is 5.36. The fraction of sp³-hybridized carbons (Fsp3) is 0.250. The number of rotatable bonds is 2. The molecule has 0 saturated heterocycles. The molecule has 1 N–H and O–H groups in total. The van der Waals surface area contributed by atoms with E-state index in [1.165, 1.54) is 6.92 Å². The van der Waals surface area contributed by atoms with Gasteiger partial charge in [-0.15, -0.1) is 0 Å². The highest BCUT2D eigenvalue weighted by molar-refractivity contribution is 6.31. The molecule has 0 bridgehead atoms. The summed E-state index contributed by atoms with van der Waals surface area (Å²) in [6.45, 7) is 1.51. The average Bonchev–Trinajstić information content (AvgIpc) is 2.37. The van der Waals surface area contributed by atoms with Gasteiger partial charge < -0.3 is 9.72 Å². The normalized spacial score (nSPS) is 11.7. The molecular weight excluding hydrogens is 313 g/mol. The van der Waals surface area contributed by atoms with E-state index in [0.29, 0.717) is 6.07 Å². The van der Waals surface area contributed by atoms with Crippen LogP contribution in [-0.2, 0) is 10.9 Å². The first-order valence-corrected chi connectivity index (χ1v) is 6.09. The van der Waals surface area contributed by atoms with Gasteiger partial charge in [0, 0.05) is 5.02 Å². The quantitative estimate of drug-likeness (QED) is 0.864. The zero-order valence-corrected chi connectivity index (χ0v) is 11.3. The number of nitrogens with zero attached hydrogens (tertiary/aromatic N) is 1. The maximum Gasteiger partial charge on any atom is 0.418 e. The van der Waals surface area contributed by atoms with Crippen LogP contribution < -0.4 is 5.56 Å². The number of aromatic nitrogens is 2. The molecule has 1 aromatic heterocycles. The molecule has 0 aliphatic rings. The molecule has 0 saturated carbocycles. The van der Waals surface area contributed by atoms with Crippen LogP contribution in [-0.4, -0.2) is 22.5 Å². The number of esters is 1. The van der Waals surface area contributed by atoms with Crippen LogP contribution in [0.15, 0.2) is 16.9 Å². The van der Waals surface area contributed by atoms with E-state index >= 15 is 0 Å². The lowest BCUT2D eigenvalue weighted by atomic mass is 10.1. The molecule has 0 atom stereocenters. The van der Waals surface area contributed by atoms with Crippen molar-refractivity contribution in [3.8, 4) is 0 Å². The Morgan fingerprint density at radius 2 is 2.10 bits per heavy atom. The molecule has 0 unspecified atom stereocenters. The molecule has 21 heavy (non-hydrogen) atoms. The summed E-state index contributed by atoms with van der Waals surface area (Å²) in [5.74, 6) is -1.61. The Labute approximate surface area is 120 Å². The average molecular weight is 321 g/mol. The third-order valence-corrected chi connectivity index (χ3v) is 2.77. The van der Waals surface area contributed by atoms with Crippen molar-refractivity contribution in [1.29, 1.82) is 0 Å². The molecule has 9 heteroatoms. The molecule has 0 amide bonds. The lowest BCUT2D eigenvalue weighted by Crippen LogP contribution is -2.19. The number of hydrogen-bond acceptors (Lipinski definition) is 4. The minimum atomic E-state index is -4.77. The van der Waals surface area contributed by atoms with Crippen molar-refractivity contribution in [2.45, 2.75) is 13.1 Å². The van der Waals surface area contributed by atoms with Crippen LogP contribution in [0.5, 0.6) is 0 Å². The highest BCUT2D eigenvalue weighted by atomic mass is 35.5. The van der Waals surface area contributed by atoms with Gasteiger partial charge in [-0.25, -0.2) is 9.78 Å². The molecule has 0 spiro atoms. The van der Waals surface area contributed by atoms with Gasteiger partial charge in [-0.2, -0.15) is 13.2 Å². The first kappa shape index (κ1) is 15.3. The van der Waals surface area contributed by atoms with E-state index in [-0.39, 0.29) is 17.0 Å². The number of fused-ring (bicyclic) bond motifs is 1. The summed E-state index contributed by atoms with van der Waals surface area (Å²) in [6.07, 6.45) is -4.77. The van der Waals surface area contributed by atoms with E-state index in [2.05, 4.69) is 14.7 Å². The molecule has 0 aliphatic carbocycles. The van der Waals surface area contributed by atoms with E-state index in [4.69, 9.17) is 11.6 Å². The number of halogens is 4. The largest absolute Gasteiger partial charge is 0.460 e. The Kier molecular flexibility index (Phi) is 3.91. The molecule has 112 valence electrons. The number of carbonyl (C=O) groups excluding carboxylic acids is 1. The van der Waals surface area contributed by atoms with E-state index in [9.17, 15) is 22.8 Å². The molecule has 2 aromatic rings. The minimum absolute atomic E-state index is 0.00662. The van der Waals surface area contributed by atoms with Crippen molar-refractivity contribution in [2.24, 2.45) is 0 Å². The van der Waals surface area contributed by atoms with Crippen LogP contribution in [0.25, 0.3) is 10.9 Å². The van der Waals surface area contributed by atoms with Crippen LogP contribution in [0.2, 0.25) is 5.02 Å². The number of alkyl halides is 3. The number of benzene rings is 1. The lowest BCUT2D eigenvalue weighted by Gasteiger charge is -2.11. The van der Waals surface area contributed by atoms with Gasteiger partial charge in [0.2, 0.25) is 5.82 Å². The summed E-state index contributed by atoms with van der Waals surface area (Å²) >= 11 is 5.58. The van der Waals surface area contributed by atoms with Crippen molar-refractivity contribution >= 4 is 28.5 Å². The number of ether oxygens (including phenoxy) is 1. The van der Waals surface area contributed by atoms with Crippen LogP contribution in [0.4, 0.5) is 13.2 Å². The van der Waals surface area contributed by atoms with Crippen LogP contribution in [0.3, 0.4) is 0 Å². The van der Waals surface area contributed by atoms with Crippen molar-refractivity contribution in [3.05, 3.63) is 38.9 Å². The second-order valence-corrected chi connectivity index (χ2v) is 4.42. The van der Waals surface area contributed by atoms with E-state index in [1.807, 2.05) is 0 Å². The molecular formula is C12H8ClF3N2O3. The summed E-state index contributed by atoms with van der Waals surface area (Å²) < 4.78 is 43.6. The maximum absolute atomic E-state index is 13.0. The van der Waals surface area contributed by atoms with Gasteiger partial charge in [-0.3, -0.25) is 4.79 Å². The summed E-state index contributed by atoms with van der Waals surface area (Å²) in [5.41, 5.74) is -2.75. The molecule has 0 fully saturated rings. The zero-order chi connectivity index (χ0) is 15.8. The predicted molar refractivity (Wildman–Crippen MR) is 68.3 cm³/mol. The maximum atomic E-state index is 13.0. The fourth-order valence-electron chi connectivity index (χ4n) is 1.72. The van der Waals surface area contributed by atoms with Crippen molar-refractivity contribution in [2.75, 3.05) is 6.61 Å². The van der Waals surface area contributed by atoms with Crippen LogP contribution in [0.1, 0.15) is 23.1 Å². The Bertz CT molecular complexity index is 771. The first-order chi connectivity index (χ1) is 9.74. The molecule has 2 rings (SSSR count). The number of hydrogen-bond donors (Lipinski definition) is 1. The monoisotopic (exact) mass is 320 g/mol. The fourth-order valence-corrected chi connectivity index (χ4v) is 1.94. The van der Waals surface area contributed by atoms with Crippen molar-refractivity contribution < 1.29 is 22.7 Å². The summed E-state index contributed by atoms with van der Waals surface area (Å²) in [4.78, 5) is 28.9. The van der Waals surface area contributed by atoms with Crippen LogP contribution in [0, 0.1) is 0 Å². The molecule has 0 radical (unpaired) electrons. The van der Waals surface area contributed by atoms with Gasteiger partial charge in [-0.05, 0) is 19.1 Å². The van der Waals surface area contributed by atoms with E-state index < -0.39 is 34.6 Å². The third-order valence-electron chi connectivity index (χ3n) is 2.55. The van der Waals surface area contributed by atoms with Gasteiger partial charge in [0.05, 0.1) is 23.1 Å². The van der Waals surface area contributed by atoms with E-state index in [1.54, 1.807) is 0 Å². The zero-order valence-electron chi connectivity index (χ0n) is 10.5. The minimum Gasteiger partial charge on any atom is -0.460 e. The number of carbonyl (C=O) groups is 1. The Morgan fingerprint density at radius 1 is 1.43 bits per heavy atom. The van der Waals surface area contributed by atoms with Gasteiger partial charge in [0.15, 0.2) is 0 Å². The Morgan fingerprint density at radius 3 is 2.67 bits per heavy atom.